The standard InChI is InChI=1S/C24H26F3NO4/c1-3-4-5-6-15-32-20-12-7-17(16-21(20)31-2)13-14-28-23(30)22(29)18-8-10-19(11-9-18)24(25,26)27/h7-12,16,22,29H,3-4,13-15H2,1-2H3,(H,28,30). The van der Waals surface area contributed by atoms with Crippen LogP contribution in [0.5, 0.6) is 11.5 Å². The van der Waals surface area contributed by atoms with E-state index in [2.05, 4.69) is 24.1 Å². The minimum absolute atomic E-state index is 0.0840. The fourth-order valence-corrected chi connectivity index (χ4v) is 2.80. The van der Waals surface area contributed by atoms with E-state index in [-0.39, 0.29) is 18.7 Å². The quantitative estimate of drug-likeness (QED) is 0.561. The van der Waals surface area contributed by atoms with Crippen LogP contribution in [0.2, 0.25) is 0 Å². The minimum atomic E-state index is -4.48. The second kappa shape index (κ2) is 12.0. The highest BCUT2D eigenvalue weighted by atomic mass is 19.4. The molecule has 0 spiro atoms. The number of alkyl halides is 3. The van der Waals surface area contributed by atoms with Gasteiger partial charge in [0.2, 0.25) is 0 Å². The molecule has 0 radical (unpaired) electrons. The summed E-state index contributed by atoms with van der Waals surface area (Å²) in [7, 11) is 1.52. The van der Waals surface area contributed by atoms with Crippen molar-refractivity contribution < 1.29 is 32.5 Å². The molecule has 0 bridgehead atoms. The maximum Gasteiger partial charge on any atom is 0.416 e. The Morgan fingerprint density at radius 2 is 1.84 bits per heavy atom. The van der Waals surface area contributed by atoms with Crippen LogP contribution in [0, 0.1) is 11.8 Å². The molecule has 0 heterocycles. The molecule has 1 unspecified atom stereocenters. The van der Waals surface area contributed by atoms with Crippen molar-refractivity contribution >= 4 is 5.91 Å². The van der Waals surface area contributed by atoms with Gasteiger partial charge in [0, 0.05) is 13.0 Å². The van der Waals surface area contributed by atoms with Crippen molar-refractivity contribution in [3.05, 3.63) is 59.2 Å². The van der Waals surface area contributed by atoms with Gasteiger partial charge < -0.3 is 19.9 Å². The van der Waals surface area contributed by atoms with Crippen molar-refractivity contribution in [2.45, 2.75) is 38.5 Å². The molecule has 1 atom stereocenters. The lowest BCUT2D eigenvalue weighted by Crippen LogP contribution is -2.31. The highest BCUT2D eigenvalue weighted by molar-refractivity contribution is 5.81. The van der Waals surface area contributed by atoms with Crippen LogP contribution in [-0.4, -0.2) is 31.3 Å². The zero-order valence-electron chi connectivity index (χ0n) is 18.0. The maximum atomic E-state index is 12.6. The van der Waals surface area contributed by atoms with E-state index < -0.39 is 23.8 Å². The topological polar surface area (TPSA) is 67.8 Å². The highest BCUT2D eigenvalue weighted by Gasteiger charge is 2.30. The predicted molar refractivity (Wildman–Crippen MR) is 114 cm³/mol. The Kier molecular flexibility index (Phi) is 9.41. The Balaban J connectivity index is 1.88. The van der Waals surface area contributed by atoms with Gasteiger partial charge in [0.25, 0.3) is 5.91 Å². The SMILES string of the molecule is CCCC#CCOc1ccc(CCNC(=O)C(O)c2ccc(C(F)(F)F)cc2)cc1OC. The van der Waals surface area contributed by atoms with Crippen LogP contribution >= 0.6 is 0 Å². The number of unbranched alkanes of at least 4 members (excludes halogenated alkanes) is 1. The predicted octanol–water partition coefficient (Wildman–Crippen LogP) is 4.29. The number of amides is 1. The first-order chi connectivity index (χ1) is 15.3. The number of rotatable bonds is 9. The van der Waals surface area contributed by atoms with E-state index in [1.807, 2.05) is 6.07 Å². The summed E-state index contributed by atoms with van der Waals surface area (Å²) in [5, 5.41) is 12.7. The molecule has 0 aliphatic heterocycles. The average molecular weight is 449 g/mol. The zero-order valence-corrected chi connectivity index (χ0v) is 18.0. The van der Waals surface area contributed by atoms with Gasteiger partial charge in [0.1, 0.15) is 6.61 Å². The number of carbonyl (C=O) groups excluding carboxylic acids is 1. The fourth-order valence-electron chi connectivity index (χ4n) is 2.80. The van der Waals surface area contributed by atoms with Gasteiger partial charge in [-0.25, -0.2) is 0 Å². The van der Waals surface area contributed by atoms with Gasteiger partial charge in [-0.05, 0) is 48.2 Å². The zero-order chi connectivity index (χ0) is 23.6. The molecule has 172 valence electrons. The maximum absolute atomic E-state index is 12.6. The van der Waals surface area contributed by atoms with Gasteiger partial charge in [-0.2, -0.15) is 13.2 Å². The largest absolute Gasteiger partial charge is 0.493 e. The summed E-state index contributed by atoms with van der Waals surface area (Å²) >= 11 is 0. The molecule has 5 nitrogen and oxygen atoms in total. The number of aliphatic hydroxyl groups excluding tert-OH is 1. The number of carbonyl (C=O) groups is 1. The summed E-state index contributed by atoms with van der Waals surface area (Å²) in [4.78, 5) is 12.1. The van der Waals surface area contributed by atoms with Gasteiger partial charge in [-0.3, -0.25) is 4.79 Å². The van der Waals surface area contributed by atoms with Crippen molar-refractivity contribution in [3.8, 4) is 23.3 Å². The third kappa shape index (κ3) is 7.50. The molecular formula is C24H26F3NO4. The lowest BCUT2D eigenvalue weighted by Gasteiger charge is -2.14. The number of nitrogens with one attached hydrogen (secondary N) is 1. The van der Waals surface area contributed by atoms with Crippen LogP contribution in [0.4, 0.5) is 13.2 Å². The van der Waals surface area contributed by atoms with Gasteiger partial charge >= 0.3 is 6.18 Å². The van der Waals surface area contributed by atoms with E-state index >= 15 is 0 Å². The van der Waals surface area contributed by atoms with Crippen LogP contribution in [0.3, 0.4) is 0 Å². The molecule has 2 N–H and O–H groups in total. The number of halogens is 3. The summed E-state index contributed by atoms with van der Waals surface area (Å²) in [6.45, 7) is 2.53. The van der Waals surface area contributed by atoms with Crippen LogP contribution in [-0.2, 0) is 17.4 Å². The smallest absolute Gasteiger partial charge is 0.416 e. The third-order valence-corrected chi connectivity index (χ3v) is 4.54. The van der Waals surface area contributed by atoms with E-state index in [1.165, 1.54) is 7.11 Å². The summed E-state index contributed by atoms with van der Waals surface area (Å²) in [6, 6.07) is 9.21. The Morgan fingerprint density at radius 3 is 2.47 bits per heavy atom. The number of aliphatic hydroxyl groups is 1. The molecule has 0 saturated heterocycles. The molecule has 0 aliphatic rings. The Bertz CT molecular complexity index is 946. The van der Waals surface area contributed by atoms with E-state index in [4.69, 9.17) is 9.47 Å². The number of ether oxygens (including phenoxy) is 2. The molecular weight excluding hydrogens is 423 g/mol. The molecule has 0 aromatic heterocycles. The van der Waals surface area contributed by atoms with Crippen molar-refractivity contribution in [3.63, 3.8) is 0 Å². The summed E-state index contributed by atoms with van der Waals surface area (Å²) < 4.78 is 48.8. The first-order valence-electron chi connectivity index (χ1n) is 10.1. The lowest BCUT2D eigenvalue weighted by atomic mass is 10.1. The first kappa shape index (κ1) is 25.1. The minimum Gasteiger partial charge on any atom is -0.493 e. The van der Waals surface area contributed by atoms with E-state index in [9.17, 15) is 23.1 Å². The van der Waals surface area contributed by atoms with Crippen LogP contribution in [0.1, 0.15) is 42.6 Å². The lowest BCUT2D eigenvalue weighted by molar-refractivity contribution is -0.137. The Hall–Kier alpha value is -3.18. The molecule has 32 heavy (non-hydrogen) atoms. The molecule has 0 fully saturated rings. The number of hydrogen-bond acceptors (Lipinski definition) is 4. The normalized spacial score (nSPS) is 11.8. The monoisotopic (exact) mass is 449 g/mol. The van der Waals surface area contributed by atoms with E-state index in [0.29, 0.717) is 17.9 Å². The first-order valence-corrected chi connectivity index (χ1v) is 10.1. The van der Waals surface area contributed by atoms with Crippen LogP contribution in [0.25, 0.3) is 0 Å². The van der Waals surface area contributed by atoms with Crippen LogP contribution in [0.15, 0.2) is 42.5 Å². The molecule has 2 aromatic rings. The molecule has 0 saturated carbocycles. The molecule has 8 heteroatoms. The Labute approximate surface area is 185 Å². The van der Waals surface area contributed by atoms with Gasteiger partial charge in [0.15, 0.2) is 17.6 Å². The van der Waals surface area contributed by atoms with E-state index in [0.717, 1.165) is 42.7 Å². The Morgan fingerprint density at radius 1 is 1.12 bits per heavy atom. The van der Waals surface area contributed by atoms with Crippen molar-refractivity contribution in [2.24, 2.45) is 0 Å². The third-order valence-electron chi connectivity index (χ3n) is 4.54. The van der Waals surface area contributed by atoms with E-state index in [1.54, 1.807) is 12.1 Å². The summed E-state index contributed by atoms with van der Waals surface area (Å²) in [5.74, 6) is 6.33. The average Bonchev–Trinajstić information content (AvgIpc) is 2.78. The number of benzene rings is 2. The van der Waals surface area contributed by atoms with Gasteiger partial charge in [-0.15, -0.1) is 0 Å². The fraction of sp³-hybridized carbons (Fsp3) is 0.375. The van der Waals surface area contributed by atoms with Crippen LogP contribution < -0.4 is 14.8 Å². The molecule has 2 rings (SSSR count). The second-order valence-electron chi connectivity index (χ2n) is 6.94. The highest BCUT2D eigenvalue weighted by Crippen LogP contribution is 2.30. The number of hydrogen-bond donors (Lipinski definition) is 2. The summed E-state index contributed by atoms with van der Waals surface area (Å²) in [5.41, 5.74) is 0.111. The van der Waals surface area contributed by atoms with Crippen molar-refractivity contribution in [1.29, 1.82) is 0 Å². The second-order valence-corrected chi connectivity index (χ2v) is 6.94. The molecule has 1 amide bonds. The molecule has 2 aromatic carbocycles. The van der Waals surface area contributed by atoms with Crippen molar-refractivity contribution in [2.75, 3.05) is 20.3 Å². The molecule has 0 aliphatic carbocycles. The van der Waals surface area contributed by atoms with Gasteiger partial charge in [0.05, 0.1) is 12.7 Å². The summed E-state index contributed by atoms with van der Waals surface area (Å²) in [6.07, 6.45) is -3.77. The van der Waals surface area contributed by atoms with Crippen molar-refractivity contribution in [1.82, 2.24) is 5.32 Å². The number of methoxy groups -OCH3 is 1. The van der Waals surface area contributed by atoms with Gasteiger partial charge in [-0.1, -0.05) is 37.0 Å².